The van der Waals surface area contributed by atoms with Crippen LogP contribution in [0.2, 0.25) is 0 Å². The molecule has 0 saturated carbocycles. The van der Waals surface area contributed by atoms with E-state index in [-0.39, 0.29) is 70.6 Å². The second kappa shape index (κ2) is 24.2. The summed E-state index contributed by atoms with van der Waals surface area (Å²) in [6.07, 6.45) is 6.95. The van der Waals surface area contributed by atoms with Crippen LogP contribution < -0.4 is 0 Å². The molecular formula is C38H84N2O2P4Rh2+2. The van der Waals surface area contributed by atoms with Gasteiger partial charge >= 0.3 is 0 Å². The van der Waals surface area contributed by atoms with Gasteiger partial charge in [0.1, 0.15) is 0 Å². The van der Waals surface area contributed by atoms with Crippen LogP contribution in [0.1, 0.15) is 166 Å². The third-order valence-corrected chi connectivity index (χ3v) is 27.0. The maximum absolute atomic E-state index is 8.24. The molecule has 0 aromatic carbocycles. The van der Waals surface area contributed by atoms with Gasteiger partial charge in [0.15, 0.2) is 0 Å². The van der Waals surface area contributed by atoms with E-state index >= 15 is 0 Å². The van der Waals surface area contributed by atoms with Crippen LogP contribution in [0.15, 0.2) is 0 Å². The van der Waals surface area contributed by atoms with Gasteiger partial charge in [-0.25, -0.2) is 0 Å². The molecule has 0 saturated heterocycles. The van der Waals surface area contributed by atoms with Crippen LogP contribution in [0, 0.1) is 0 Å². The first-order valence-corrected chi connectivity index (χ1v) is 24.1. The Morgan fingerprint density at radius 3 is 0.417 bits per heavy atom. The van der Waals surface area contributed by atoms with Crippen molar-refractivity contribution in [2.24, 2.45) is 0 Å². The molecule has 4 nitrogen and oxygen atoms in total. The first kappa shape index (κ1) is 61.7. The Morgan fingerprint density at radius 2 is 0.375 bits per heavy atom. The number of rotatable bonds is 6. The molecule has 0 spiro atoms. The molecule has 0 aliphatic rings. The molecule has 0 aromatic heterocycles. The molecule has 294 valence electrons. The van der Waals surface area contributed by atoms with Crippen molar-refractivity contribution in [3.8, 4) is 0 Å². The normalized spacial score (nSPS) is 13.1. The molecule has 0 amide bonds. The van der Waals surface area contributed by atoms with Crippen LogP contribution in [0.4, 0.5) is 0 Å². The molecule has 0 aromatic rings. The molecule has 0 aliphatic heterocycles. The monoisotopic (exact) mass is 930 g/mol. The van der Waals surface area contributed by atoms with E-state index in [0.717, 1.165) is 0 Å². The van der Waals surface area contributed by atoms with Crippen molar-refractivity contribution in [2.45, 2.75) is 207 Å². The van der Waals surface area contributed by atoms with E-state index < -0.39 is 0 Å². The third kappa shape index (κ3) is 29.2. The zero-order valence-corrected chi connectivity index (χ0v) is 43.5. The predicted molar refractivity (Wildman–Crippen MR) is 229 cm³/mol. The average Bonchev–Trinajstić information content (AvgIpc) is 2.68. The fourth-order valence-electron chi connectivity index (χ4n) is 8.00. The number of hydrogen-bond donors (Lipinski definition) is 0. The van der Waals surface area contributed by atoms with Gasteiger partial charge in [0.2, 0.25) is 0 Å². The summed E-state index contributed by atoms with van der Waals surface area (Å²) in [6, 6.07) is 0. The maximum atomic E-state index is 8.24. The fraction of sp³-hybridized carbons (Fsp3) is 0.947. The van der Waals surface area contributed by atoms with Crippen LogP contribution >= 0.6 is 31.7 Å². The van der Waals surface area contributed by atoms with Gasteiger partial charge in [-0.05, 0) is 178 Å². The van der Waals surface area contributed by atoms with E-state index in [1.54, 1.807) is 0 Å². The van der Waals surface area contributed by atoms with Crippen LogP contribution in [0.25, 0.3) is 10.8 Å². The van der Waals surface area contributed by atoms with E-state index in [1.165, 1.54) is 24.6 Å². The van der Waals surface area contributed by atoms with Crippen molar-refractivity contribution in [2.75, 3.05) is 24.6 Å². The Morgan fingerprint density at radius 1 is 0.312 bits per heavy atom. The van der Waals surface area contributed by atoms with E-state index in [0.29, 0.717) is 53.4 Å². The Balaban J connectivity index is -0.000000152. The van der Waals surface area contributed by atoms with Crippen molar-refractivity contribution >= 4 is 43.8 Å². The zero-order chi connectivity index (χ0) is 38.6. The summed E-state index contributed by atoms with van der Waals surface area (Å²) in [5, 5.41) is 17.6. The minimum Gasteiger partial charge on any atom is -0.724 e. The number of hydrogen-bond acceptors (Lipinski definition) is 2. The molecule has 0 rings (SSSR count). The topological polar surface area (TPSA) is 78.7 Å². The zero-order valence-electron chi connectivity index (χ0n) is 36.2. The minimum absolute atomic E-state index is 0. The Bertz CT molecular complexity index is 712. The van der Waals surface area contributed by atoms with Crippen molar-refractivity contribution in [3.05, 3.63) is 10.8 Å². The first-order chi connectivity index (χ1) is 19.8. The van der Waals surface area contributed by atoms with Crippen molar-refractivity contribution in [3.63, 3.8) is 0 Å². The Labute approximate surface area is 333 Å². The van der Waals surface area contributed by atoms with Crippen molar-refractivity contribution in [1.82, 2.24) is 0 Å². The molecule has 0 heterocycles. The van der Waals surface area contributed by atoms with Gasteiger partial charge in [0.05, 0.1) is 65.9 Å². The van der Waals surface area contributed by atoms with Crippen molar-refractivity contribution < 1.29 is 48.5 Å². The van der Waals surface area contributed by atoms with E-state index in [9.17, 15) is 0 Å². The van der Waals surface area contributed by atoms with Gasteiger partial charge in [0, 0.05) is 70.6 Å². The quantitative estimate of drug-likeness (QED) is 0.115. The van der Waals surface area contributed by atoms with Gasteiger partial charge in [-0.3, -0.25) is 9.59 Å². The van der Waals surface area contributed by atoms with Crippen molar-refractivity contribution in [1.29, 1.82) is 0 Å². The number of carbonyl (C=O) groups excluding carboxylic acids is 2. The second-order valence-electron chi connectivity index (χ2n) is 21.1. The van der Waals surface area contributed by atoms with Gasteiger partial charge in [-0.2, -0.15) is 0 Å². The molecule has 48 heavy (non-hydrogen) atoms. The summed E-state index contributed by atoms with van der Waals surface area (Å²) < 4.78 is 0. The largest absolute Gasteiger partial charge is 0.724 e. The maximum Gasteiger partial charge on any atom is 0.0915 e. The van der Waals surface area contributed by atoms with Crippen LogP contribution in [-0.2, 0) is 48.5 Å². The van der Waals surface area contributed by atoms with E-state index in [2.05, 4.69) is 166 Å². The Kier molecular flexibility index (Phi) is 31.1. The molecule has 10 heteroatoms. The fourth-order valence-corrected chi connectivity index (χ4v) is 27.0. The smallest absolute Gasteiger partial charge is 0.0915 e. The van der Waals surface area contributed by atoms with E-state index in [1.807, 2.05) is 0 Å². The third-order valence-electron chi connectivity index (χ3n) is 8.49. The van der Waals surface area contributed by atoms with Crippen LogP contribution in [0.3, 0.4) is 0 Å². The summed E-state index contributed by atoms with van der Waals surface area (Å²) >= 11 is 0. The summed E-state index contributed by atoms with van der Waals surface area (Å²) in [5.74, 6) is 0. The molecule has 0 bridgehead atoms. The minimum atomic E-state index is -0.364. The number of isocyanates is 2. The summed E-state index contributed by atoms with van der Waals surface area (Å²) in [6.45, 7) is 59.2. The SMILES string of the molecule is CC(C)(C)[PH+](CC[PH+](C(C)(C)C)C(C)(C)C)C(C)(C)C.CC(C)(C)[PH+](CC[PH+](C(C)(C)C)C(C)(C)C)C(C)(C)C.[N-]=C=O.[N-]=C=O.[Rh].[Rh]. The first-order valence-electron chi connectivity index (χ1n) is 17.3. The molecule has 0 fully saturated rings. The summed E-state index contributed by atoms with van der Waals surface area (Å²) in [7, 11) is -1.46. The van der Waals surface area contributed by atoms with Gasteiger partial charge in [-0.15, -0.1) is 0 Å². The van der Waals surface area contributed by atoms with Crippen LogP contribution in [0.5, 0.6) is 0 Å². The summed E-state index contributed by atoms with van der Waals surface area (Å²) in [5.41, 5.74) is 0. The molecule has 0 aliphatic carbocycles. The predicted octanol–water partition coefficient (Wildman–Crippen LogP) is 13.0. The molecule has 2 radical (unpaired) electrons. The standard InChI is InChI=1S/2C18H40P2.2CNO.2Rh/c2*1-15(2,3)19(16(4,5)6)13-14-20(17(7,8)9)18(10,11)12;2*2-1-3;;/h2*13-14H2,1-12H3;;;;/q;;2*-1;;/p+4. The van der Waals surface area contributed by atoms with E-state index in [4.69, 9.17) is 20.4 Å². The second-order valence-corrected chi connectivity index (χ2v) is 38.9. The van der Waals surface area contributed by atoms with Gasteiger partial charge in [-0.1, -0.05) is 0 Å². The molecule has 0 atom stereocenters. The molecule has 0 N–H and O–H groups in total. The molecule has 0 unspecified atom stereocenters. The summed E-state index contributed by atoms with van der Waals surface area (Å²) in [4.78, 5) is 16.5. The van der Waals surface area contributed by atoms with Crippen LogP contribution in [-0.4, -0.2) is 78.1 Å². The average molecular weight is 931 g/mol. The number of nitrogens with zero attached hydrogens (tertiary/aromatic N) is 2. The van der Waals surface area contributed by atoms with Gasteiger partial charge < -0.3 is 10.8 Å². The van der Waals surface area contributed by atoms with Gasteiger partial charge in [0.25, 0.3) is 0 Å². The molecular weight excluding hydrogens is 846 g/mol. The Hall–Kier alpha value is 1.73.